The van der Waals surface area contributed by atoms with E-state index < -0.39 is 0 Å². The highest BCUT2D eigenvalue weighted by atomic mass is 16.3. The number of carbonyl (C=O) groups is 1. The van der Waals surface area contributed by atoms with Crippen LogP contribution in [0.2, 0.25) is 0 Å². The lowest BCUT2D eigenvalue weighted by Crippen LogP contribution is -2.43. The van der Waals surface area contributed by atoms with E-state index in [0.29, 0.717) is 18.4 Å². The molecule has 0 fully saturated rings. The molecule has 1 aromatic rings. The molecule has 1 rings (SSSR count). The minimum atomic E-state index is -0.100. The van der Waals surface area contributed by atoms with Crippen LogP contribution in [0.5, 0.6) is 0 Å². The van der Waals surface area contributed by atoms with Gasteiger partial charge in [-0.1, -0.05) is 13.8 Å². The van der Waals surface area contributed by atoms with Crippen molar-refractivity contribution < 1.29 is 9.21 Å². The highest BCUT2D eigenvalue weighted by Gasteiger charge is 2.04. The van der Waals surface area contributed by atoms with Crippen LogP contribution in [0.25, 0.3) is 0 Å². The molecule has 0 aliphatic carbocycles. The van der Waals surface area contributed by atoms with Crippen LogP contribution >= 0.6 is 0 Å². The number of furan rings is 1. The van der Waals surface area contributed by atoms with Crippen molar-refractivity contribution in [3.63, 3.8) is 0 Å². The van der Waals surface area contributed by atoms with Crippen LogP contribution in [-0.2, 0) is 11.3 Å². The summed E-state index contributed by atoms with van der Waals surface area (Å²) in [5, 5.41) is 8.94. The van der Waals surface area contributed by atoms with E-state index in [2.05, 4.69) is 34.8 Å². The summed E-state index contributed by atoms with van der Waals surface area (Å²) in [6, 6.07) is 3.62. The molecule has 0 radical (unpaired) electrons. The van der Waals surface area contributed by atoms with Gasteiger partial charge in [-0.3, -0.25) is 9.79 Å². The standard InChI is InChI=1S/C15H26N4O2/c1-12(2)6-4-8-17-15(16-3)19-11-14(20)18-10-13-7-5-9-21-13/h5,7,9,12H,4,6,8,10-11H2,1-3H3,(H,18,20)(H2,16,17,19). The maximum Gasteiger partial charge on any atom is 0.239 e. The zero-order chi connectivity index (χ0) is 15.5. The first-order chi connectivity index (χ1) is 10.1. The summed E-state index contributed by atoms with van der Waals surface area (Å²) in [5.74, 6) is 1.98. The van der Waals surface area contributed by atoms with Gasteiger partial charge in [0.05, 0.1) is 19.4 Å². The molecule has 0 unspecified atom stereocenters. The molecule has 0 saturated heterocycles. The third kappa shape index (κ3) is 8.02. The minimum absolute atomic E-state index is 0.100. The van der Waals surface area contributed by atoms with Gasteiger partial charge in [0, 0.05) is 13.6 Å². The number of rotatable bonds is 8. The first-order valence-electron chi connectivity index (χ1n) is 7.35. The zero-order valence-electron chi connectivity index (χ0n) is 13.1. The Bertz CT molecular complexity index is 427. The largest absolute Gasteiger partial charge is 0.467 e. The van der Waals surface area contributed by atoms with E-state index in [9.17, 15) is 4.79 Å². The van der Waals surface area contributed by atoms with Crippen molar-refractivity contribution in [2.24, 2.45) is 10.9 Å². The fraction of sp³-hybridized carbons (Fsp3) is 0.600. The fourth-order valence-corrected chi connectivity index (χ4v) is 1.76. The molecule has 0 aromatic carbocycles. The summed E-state index contributed by atoms with van der Waals surface area (Å²) in [6.07, 6.45) is 3.85. The number of nitrogens with one attached hydrogen (secondary N) is 3. The fourth-order valence-electron chi connectivity index (χ4n) is 1.76. The Morgan fingerprint density at radius 1 is 1.33 bits per heavy atom. The molecule has 6 heteroatoms. The average Bonchev–Trinajstić information content (AvgIpc) is 2.97. The molecule has 0 aliphatic rings. The molecular weight excluding hydrogens is 268 g/mol. The Hall–Kier alpha value is -1.98. The predicted octanol–water partition coefficient (Wildman–Crippen LogP) is 1.50. The van der Waals surface area contributed by atoms with Gasteiger partial charge in [0.1, 0.15) is 5.76 Å². The molecule has 118 valence electrons. The van der Waals surface area contributed by atoms with Crippen LogP contribution in [0.15, 0.2) is 27.8 Å². The van der Waals surface area contributed by atoms with Gasteiger partial charge in [-0.15, -0.1) is 0 Å². The number of aliphatic imine (C=N–C) groups is 1. The summed E-state index contributed by atoms with van der Waals surface area (Å²) in [5.41, 5.74) is 0. The van der Waals surface area contributed by atoms with Crippen LogP contribution in [0, 0.1) is 5.92 Å². The van der Waals surface area contributed by atoms with Gasteiger partial charge < -0.3 is 20.4 Å². The van der Waals surface area contributed by atoms with Gasteiger partial charge in [-0.25, -0.2) is 0 Å². The first kappa shape index (κ1) is 17.1. The van der Waals surface area contributed by atoms with Crippen molar-refractivity contribution in [1.82, 2.24) is 16.0 Å². The van der Waals surface area contributed by atoms with Crippen LogP contribution < -0.4 is 16.0 Å². The molecule has 1 amide bonds. The summed E-state index contributed by atoms with van der Waals surface area (Å²) < 4.78 is 5.14. The topological polar surface area (TPSA) is 78.7 Å². The van der Waals surface area contributed by atoms with Gasteiger partial charge in [0.2, 0.25) is 5.91 Å². The van der Waals surface area contributed by atoms with Crippen molar-refractivity contribution in [1.29, 1.82) is 0 Å². The summed E-state index contributed by atoms with van der Waals surface area (Å²) in [6.45, 7) is 5.84. The van der Waals surface area contributed by atoms with E-state index in [4.69, 9.17) is 4.42 Å². The molecular formula is C15H26N4O2. The first-order valence-corrected chi connectivity index (χ1v) is 7.35. The van der Waals surface area contributed by atoms with Gasteiger partial charge in [-0.05, 0) is 30.9 Å². The molecule has 0 bridgehead atoms. The van der Waals surface area contributed by atoms with Gasteiger partial charge >= 0.3 is 0 Å². The Morgan fingerprint density at radius 3 is 2.76 bits per heavy atom. The molecule has 3 N–H and O–H groups in total. The SMILES string of the molecule is CN=C(NCCCC(C)C)NCC(=O)NCc1ccco1. The van der Waals surface area contributed by atoms with Gasteiger partial charge in [0.25, 0.3) is 0 Å². The lowest BCUT2D eigenvalue weighted by molar-refractivity contribution is -0.120. The van der Waals surface area contributed by atoms with Crippen molar-refractivity contribution in [2.75, 3.05) is 20.1 Å². The summed E-state index contributed by atoms with van der Waals surface area (Å²) in [7, 11) is 1.69. The van der Waals surface area contributed by atoms with E-state index in [1.54, 1.807) is 19.4 Å². The van der Waals surface area contributed by atoms with E-state index in [1.807, 2.05) is 6.07 Å². The summed E-state index contributed by atoms with van der Waals surface area (Å²) >= 11 is 0. The molecule has 0 spiro atoms. The normalized spacial score (nSPS) is 11.5. The second-order valence-electron chi connectivity index (χ2n) is 5.24. The van der Waals surface area contributed by atoms with Crippen LogP contribution in [0.3, 0.4) is 0 Å². The molecule has 1 heterocycles. The van der Waals surface area contributed by atoms with E-state index in [-0.39, 0.29) is 12.5 Å². The quantitative estimate of drug-likeness (QED) is 0.386. The molecule has 21 heavy (non-hydrogen) atoms. The van der Waals surface area contributed by atoms with Crippen LogP contribution in [0.4, 0.5) is 0 Å². The second-order valence-corrected chi connectivity index (χ2v) is 5.24. The van der Waals surface area contributed by atoms with Crippen molar-refractivity contribution >= 4 is 11.9 Å². The van der Waals surface area contributed by atoms with Crippen molar-refractivity contribution in [3.05, 3.63) is 24.2 Å². The highest BCUT2D eigenvalue weighted by molar-refractivity contribution is 5.86. The minimum Gasteiger partial charge on any atom is -0.467 e. The van der Waals surface area contributed by atoms with E-state index in [1.165, 1.54) is 6.42 Å². The third-order valence-electron chi connectivity index (χ3n) is 2.93. The molecule has 0 atom stereocenters. The van der Waals surface area contributed by atoms with E-state index >= 15 is 0 Å². The number of amides is 1. The Labute approximate surface area is 126 Å². The maximum absolute atomic E-state index is 11.7. The second kappa shape index (κ2) is 9.85. The lowest BCUT2D eigenvalue weighted by Gasteiger charge is -2.12. The number of hydrogen-bond donors (Lipinski definition) is 3. The lowest BCUT2D eigenvalue weighted by atomic mass is 10.1. The van der Waals surface area contributed by atoms with Crippen molar-refractivity contribution in [2.45, 2.75) is 33.2 Å². The maximum atomic E-state index is 11.7. The number of carbonyl (C=O) groups excluding carboxylic acids is 1. The number of nitrogens with zero attached hydrogens (tertiary/aromatic N) is 1. The number of hydrogen-bond acceptors (Lipinski definition) is 3. The molecule has 1 aromatic heterocycles. The van der Waals surface area contributed by atoms with Crippen LogP contribution in [0.1, 0.15) is 32.4 Å². The molecule has 0 aliphatic heterocycles. The zero-order valence-corrected chi connectivity index (χ0v) is 13.1. The summed E-state index contributed by atoms with van der Waals surface area (Å²) in [4.78, 5) is 15.8. The van der Waals surface area contributed by atoms with Crippen LogP contribution in [-0.4, -0.2) is 32.0 Å². The average molecular weight is 294 g/mol. The highest BCUT2D eigenvalue weighted by Crippen LogP contribution is 2.01. The predicted molar refractivity (Wildman–Crippen MR) is 84.0 cm³/mol. The monoisotopic (exact) mass is 294 g/mol. The van der Waals surface area contributed by atoms with Crippen molar-refractivity contribution in [3.8, 4) is 0 Å². The third-order valence-corrected chi connectivity index (χ3v) is 2.93. The Morgan fingerprint density at radius 2 is 2.14 bits per heavy atom. The van der Waals surface area contributed by atoms with E-state index in [0.717, 1.165) is 18.7 Å². The molecule has 0 saturated carbocycles. The van der Waals surface area contributed by atoms with Gasteiger partial charge in [0.15, 0.2) is 5.96 Å². The number of guanidine groups is 1. The Kier molecular flexibility index (Phi) is 8.01. The Balaban J connectivity index is 2.14. The smallest absolute Gasteiger partial charge is 0.239 e. The van der Waals surface area contributed by atoms with Gasteiger partial charge in [-0.2, -0.15) is 0 Å². The molecule has 6 nitrogen and oxygen atoms in total.